The minimum Gasteiger partial charge on any atom is -0.395 e. The van der Waals surface area contributed by atoms with Crippen molar-refractivity contribution in [2.24, 2.45) is 11.8 Å². The Morgan fingerprint density at radius 2 is 2.30 bits per heavy atom. The lowest BCUT2D eigenvalue weighted by Crippen LogP contribution is -2.24. The van der Waals surface area contributed by atoms with E-state index in [1.807, 2.05) is 17.0 Å². The third-order valence-electron chi connectivity index (χ3n) is 3.64. The van der Waals surface area contributed by atoms with Crippen molar-refractivity contribution in [2.45, 2.75) is 33.2 Å². The first-order valence-electron chi connectivity index (χ1n) is 7.06. The normalized spacial score (nSPS) is 18.5. The molecule has 0 radical (unpaired) electrons. The fourth-order valence-electron chi connectivity index (χ4n) is 2.33. The fourth-order valence-corrected chi connectivity index (χ4v) is 3.22. The Bertz CT molecular complexity index is 524. The molecule has 1 aliphatic heterocycles. The van der Waals surface area contributed by atoms with Crippen LogP contribution in [-0.2, 0) is 11.3 Å². The largest absolute Gasteiger partial charge is 0.395 e. The van der Waals surface area contributed by atoms with Gasteiger partial charge >= 0.3 is 0 Å². The van der Waals surface area contributed by atoms with E-state index in [9.17, 15) is 4.79 Å². The van der Waals surface area contributed by atoms with Crippen LogP contribution in [0.25, 0.3) is 0 Å². The number of likely N-dealkylation sites (tertiary alicyclic amines) is 1. The van der Waals surface area contributed by atoms with Gasteiger partial charge in [-0.3, -0.25) is 4.79 Å². The predicted molar refractivity (Wildman–Crippen MR) is 81.3 cm³/mol. The van der Waals surface area contributed by atoms with E-state index in [0.717, 1.165) is 11.4 Å². The molecule has 3 nitrogen and oxygen atoms in total. The highest BCUT2D eigenvalue weighted by molar-refractivity contribution is 7.12. The Labute approximate surface area is 124 Å². The van der Waals surface area contributed by atoms with Crippen LogP contribution < -0.4 is 0 Å². The maximum atomic E-state index is 12.0. The van der Waals surface area contributed by atoms with Crippen LogP contribution in [0.2, 0.25) is 0 Å². The highest BCUT2D eigenvalue weighted by Crippen LogP contribution is 2.27. The monoisotopic (exact) mass is 291 g/mol. The summed E-state index contributed by atoms with van der Waals surface area (Å²) in [5.41, 5.74) is 0. The lowest BCUT2D eigenvalue weighted by atomic mass is 9.95. The van der Waals surface area contributed by atoms with Crippen LogP contribution in [0.1, 0.15) is 36.4 Å². The van der Waals surface area contributed by atoms with Crippen molar-refractivity contribution in [3.05, 3.63) is 21.9 Å². The molecule has 108 valence electrons. The molecule has 1 saturated heterocycles. The van der Waals surface area contributed by atoms with Crippen LogP contribution in [0.15, 0.2) is 12.1 Å². The zero-order chi connectivity index (χ0) is 14.5. The van der Waals surface area contributed by atoms with Crippen molar-refractivity contribution in [1.82, 2.24) is 4.90 Å². The summed E-state index contributed by atoms with van der Waals surface area (Å²) in [5, 5.41) is 8.69. The van der Waals surface area contributed by atoms with E-state index in [0.29, 0.717) is 31.2 Å². The van der Waals surface area contributed by atoms with Gasteiger partial charge in [0.05, 0.1) is 18.0 Å². The molecule has 20 heavy (non-hydrogen) atoms. The molecule has 1 unspecified atom stereocenters. The molecular weight excluding hydrogens is 270 g/mol. The lowest BCUT2D eigenvalue weighted by molar-refractivity contribution is -0.128. The van der Waals surface area contributed by atoms with E-state index in [1.54, 1.807) is 11.3 Å². The van der Waals surface area contributed by atoms with E-state index in [-0.39, 0.29) is 12.5 Å². The minimum absolute atomic E-state index is 0.101. The van der Waals surface area contributed by atoms with Gasteiger partial charge in [-0.25, -0.2) is 0 Å². The van der Waals surface area contributed by atoms with Gasteiger partial charge in [-0.05, 0) is 24.0 Å². The summed E-state index contributed by atoms with van der Waals surface area (Å²) in [6.07, 6.45) is 1.19. The van der Waals surface area contributed by atoms with Crippen LogP contribution >= 0.6 is 11.3 Å². The number of amides is 1. The van der Waals surface area contributed by atoms with Crippen LogP contribution in [0.4, 0.5) is 0 Å². The second-order valence-electron chi connectivity index (χ2n) is 5.52. The summed E-state index contributed by atoms with van der Waals surface area (Å²) in [4.78, 5) is 16.1. The molecule has 1 aromatic heterocycles. The number of hydrogen-bond acceptors (Lipinski definition) is 3. The molecule has 0 bridgehead atoms. The first-order valence-corrected chi connectivity index (χ1v) is 7.88. The van der Waals surface area contributed by atoms with E-state index in [4.69, 9.17) is 5.11 Å². The van der Waals surface area contributed by atoms with E-state index >= 15 is 0 Å². The summed E-state index contributed by atoms with van der Waals surface area (Å²) < 4.78 is 0. The summed E-state index contributed by atoms with van der Waals surface area (Å²) in [6, 6.07) is 4.04. The molecule has 1 aliphatic rings. The number of aliphatic hydroxyl groups is 1. The zero-order valence-corrected chi connectivity index (χ0v) is 12.9. The maximum Gasteiger partial charge on any atom is 0.223 e. The second kappa shape index (κ2) is 6.92. The Hall–Kier alpha value is -1.31. The van der Waals surface area contributed by atoms with Crippen molar-refractivity contribution in [2.75, 3.05) is 13.2 Å². The number of carbonyl (C=O) groups excluding carboxylic acids is 1. The lowest BCUT2D eigenvalue weighted by Gasteiger charge is -2.17. The summed E-state index contributed by atoms with van der Waals surface area (Å²) in [7, 11) is 0. The molecule has 4 heteroatoms. The van der Waals surface area contributed by atoms with Crippen molar-refractivity contribution >= 4 is 17.2 Å². The Balaban J connectivity index is 1.94. The molecule has 0 saturated carbocycles. The Morgan fingerprint density at radius 1 is 1.50 bits per heavy atom. The van der Waals surface area contributed by atoms with Gasteiger partial charge in [0.15, 0.2) is 0 Å². The minimum atomic E-state index is 0.101. The fraction of sp³-hybridized carbons (Fsp3) is 0.562. The standard InChI is InChI=1S/C16H21NO2S/c1-12(2)13-9-16(19)17(10-13)11-15-7-6-14(20-15)5-3-4-8-18/h6-7,12-13,18H,4,8-11H2,1-2H3. The van der Waals surface area contributed by atoms with E-state index < -0.39 is 0 Å². The van der Waals surface area contributed by atoms with Crippen molar-refractivity contribution < 1.29 is 9.90 Å². The molecule has 1 amide bonds. The number of hydrogen-bond donors (Lipinski definition) is 1. The van der Waals surface area contributed by atoms with Gasteiger partial charge in [0.1, 0.15) is 0 Å². The number of aliphatic hydroxyl groups excluding tert-OH is 1. The average molecular weight is 291 g/mol. The van der Waals surface area contributed by atoms with Crippen molar-refractivity contribution in [3.8, 4) is 11.8 Å². The summed E-state index contributed by atoms with van der Waals surface area (Å²) in [6.45, 7) is 6.04. The Kier molecular flexibility index (Phi) is 5.22. The molecule has 1 fully saturated rings. The number of rotatable bonds is 4. The molecule has 2 rings (SSSR count). The predicted octanol–water partition coefficient (Wildman–Crippen LogP) is 2.49. The zero-order valence-electron chi connectivity index (χ0n) is 12.1. The van der Waals surface area contributed by atoms with E-state index in [1.165, 1.54) is 4.88 Å². The summed E-state index contributed by atoms with van der Waals surface area (Å²) in [5.74, 6) is 7.28. The Morgan fingerprint density at radius 3 is 2.95 bits per heavy atom. The quantitative estimate of drug-likeness (QED) is 0.866. The van der Waals surface area contributed by atoms with Gasteiger partial charge in [0, 0.05) is 24.3 Å². The molecule has 0 aliphatic carbocycles. The molecule has 1 atom stereocenters. The molecule has 2 heterocycles. The maximum absolute atomic E-state index is 12.0. The van der Waals surface area contributed by atoms with Gasteiger partial charge in [-0.2, -0.15) is 0 Å². The smallest absolute Gasteiger partial charge is 0.223 e. The third-order valence-corrected chi connectivity index (χ3v) is 4.63. The number of nitrogens with zero attached hydrogens (tertiary/aromatic N) is 1. The molecule has 0 spiro atoms. The van der Waals surface area contributed by atoms with Crippen LogP contribution in [0, 0.1) is 23.7 Å². The topological polar surface area (TPSA) is 40.5 Å². The second-order valence-corrected chi connectivity index (χ2v) is 6.69. The van der Waals surface area contributed by atoms with Gasteiger partial charge in [0.25, 0.3) is 0 Å². The van der Waals surface area contributed by atoms with Crippen LogP contribution in [-0.4, -0.2) is 29.1 Å². The van der Waals surface area contributed by atoms with Gasteiger partial charge in [-0.1, -0.05) is 25.7 Å². The first kappa shape index (κ1) is 15.1. The number of thiophene rings is 1. The average Bonchev–Trinajstić information content (AvgIpc) is 2.98. The first-order chi connectivity index (χ1) is 9.60. The molecule has 1 N–H and O–H groups in total. The molecular formula is C16H21NO2S. The van der Waals surface area contributed by atoms with Gasteiger partial charge < -0.3 is 10.0 Å². The summed E-state index contributed by atoms with van der Waals surface area (Å²) >= 11 is 1.63. The van der Waals surface area contributed by atoms with Crippen molar-refractivity contribution in [3.63, 3.8) is 0 Å². The SMILES string of the molecule is CC(C)C1CC(=O)N(Cc2ccc(C#CCCO)s2)C1. The van der Waals surface area contributed by atoms with Gasteiger partial charge in [0.2, 0.25) is 5.91 Å². The van der Waals surface area contributed by atoms with Crippen LogP contribution in [0.3, 0.4) is 0 Å². The molecule has 1 aromatic rings. The van der Waals surface area contributed by atoms with Crippen LogP contribution in [0.5, 0.6) is 0 Å². The number of carbonyl (C=O) groups is 1. The molecule has 0 aromatic carbocycles. The van der Waals surface area contributed by atoms with E-state index in [2.05, 4.69) is 25.7 Å². The highest BCUT2D eigenvalue weighted by Gasteiger charge is 2.31. The highest BCUT2D eigenvalue weighted by atomic mass is 32.1. The van der Waals surface area contributed by atoms with Gasteiger partial charge in [-0.15, -0.1) is 11.3 Å². The van der Waals surface area contributed by atoms with Crippen molar-refractivity contribution in [1.29, 1.82) is 0 Å². The third kappa shape index (κ3) is 3.84.